The molecule has 0 atom stereocenters. The van der Waals surface area contributed by atoms with Gasteiger partial charge in [0.25, 0.3) is 0 Å². The van der Waals surface area contributed by atoms with E-state index in [9.17, 15) is 0 Å². The van der Waals surface area contributed by atoms with Crippen LogP contribution in [0.2, 0.25) is 0 Å². The number of ether oxygens (including phenoxy) is 1. The molecule has 0 aliphatic rings. The highest BCUT2D eigenvalue weighted by Gasteiger charge is 2.11. The van der Waals surface area contributed by atoms with E-state index in [4.69, 9.17) is 10.5 Å². The van der Waals surface area contributed by atoms with Gasteiger partial charge in [-0.3, -0.25) is 4.68 Å². The lowest BCUT2D eigenvalue weighted by atomic mass is 10.1. The molecule has 4 nitrogen and oxygen atoms in total. The number of anilines is 1. The smallest absolute Gasteiger partial charge is 0.0854 e. The van der Waals surface area contributed by atoms with Crippen LogP contribution in [0.3, 0.4) is 0 Å². The largest absolute Gasteiger partial charge is 0.396 e. The molecule has 0 spiro atoms. The lowest BCUT2D eigenvalue weighted by Gasteiger charge is -2.08. The van der Waals surface area contributed by atoms with Gasteiger partial charge >= 0.3 is 0 Å². The van der Waals surface area contributed by atoms with Gasteiger partial charge in [-0.2, -0.15) is 5.10 Å². The van der Waals surface area contributed by atoms with Crippen LogP contribution >= 0.6 is 0 Å². The molecule has 0 bridgehead atoms. The van der Waals surface area contributed by atoms with Gasteiger partial charge in [-0.15, -0.1) is 0 Å². The second kappa shape index (κ2) is 7.41. The Morgan fingerprint density at radius 3 is 2.50 bits per heavy atom. The van der Waals surface area contributed by atoms with Crippen LogP contribution < -0.4 is 5.73 Å². The molecule has 0 amide bonds. The zero-order chi connectivity index (χ0) is 13.5. The van der Waals surface area contributed by atoms with Crippen LogP contribution in [0.5, 0.6) is 0 Å². The maximum atomic E-state index is 6.07. The van der Waals surface area contributed by atoms with Crippen LogP contribution in [-0.2, 0) is 24.1 Å². The van der Waals surface area contributed by atoms with Crippen molar-refractivity contribution in [2.24, 2.45) is 5.92 Å². The van der Waals surface area contributed by atoms with Crippen LogP contribution in [0.15, 0.2) is 0 Å². The molecule has 104 valence electrons. The number of aryl methyl sites for hydroxylation is 1. The lowest BCUT2D eigenvalue weighted by Crippen LogP contribution is -2.12. The molecule has 0 radical (unpaired) electrons. The Kier molecular flexibility index (Phi) is 6.19. The topological polar surface area (TPSA) is 53.1 Å². The molecule has 0 aliphatic heterocycles. The first-order chi connectivity index (χ1) is 8.60. The fourth-order valence-electron chi connectivity index (χ4n) is 1.96. The molecule has 2 N–H and O–H groups in total. The Bertz CT molecular complexity index is 358. The van der Waals surface area contributed by atoms with E-state index in [1.807, 2.05) is 4.68 Å². The fraction of sp³-hybridized carbons (Fsp3) is 0.786. The second-order valence-electron chi connectivity index (χ2n) is 5.03. The Hall–Kier alpha value is -1.03. The highest BCUT2D eigenvalue weighted by molar-refractivity contribution is 5.48. The van der Waals surface area contributed by atoms with Gasteiger partial charge in [0.1, 0.15) is 0 Å². The highest BCUT2D eigenvalue weighted by Crippen LogP contribution is 2.18. The lowest BCUT2D eigenvalue weighted by molar-refractivity contribution is 0.113. The van der Waals surface area contributed by atoms with Gasteiger partial charge in [0.2, 0.25) is 0 Å². The van der Waals surface area contributed by atoms with Crippen molar-refractivity contribution in [2.45, 2.75) is 53.5 Å². The Balaban J connectivity index is 2.46. The Morgan fingerprint density at radius 2 is 1.94 bits per heavy atom. The van der Waals surface area contributed by atoms with Crippen molar-refractivity contribution < 1.29 is 4.74 Å². The first-order valence-electron chi connectivity index (χ1n) is 7.01. The predicted octanol–water partition coefficient (Wildman–Crippen LogP) is 2.65. The van der Waals surface area contributed by atoms with Gasteiger partial charge in [0, 0.05) is 6.61 Å². The molecule has 0 saturated heterocycles. The van der Waals surface area contributed by atoms with Gasteiger partial charge in [-0.1, -0.05) is 27.7 Å². The summed E-state index contributed by atoms with van der Waals surface area (Å²) in [6, 6.07) is 0. The minimum absolute atomic E-state index is 0.697. The van der Waals surface area contributed by atoms with E-state index < -0.39 is 0 Å². The van der Waals surface area contributed by atoms with Crippen LogP contribution in [0.25, 0.3) is 0 Å². The van der Waals surface area contributed by atoms with Crippen LogP contribution in [0, 0.1) is 5.92 Å². The summed E-state index contributed by atoms with van der Waals surface area (Å²) in [5.74, 6) is 0.697. The number of rotatable bonds is 8. The molecule has 1 aromatic heterocycles. The fourth-order valence-corrected chi connectivity index (χ4v) is 1.96. The van der Waals surface area contributed by atoms with Crippen LogP contribution in [-0.4, -0.2) is 23.0 Å². The molecule has 4 heteroatoms. The van der Waals surface area contributed by atoms with Gasteiger partial charge in [0.05, 0.1) is 30.2 Å². The molecular formula is C14H27N3O. The van der Waals surface area contributed by atoms with Gasteiger partial charge in [-0.05, 0) is 25.2 Å². The average molecular weight is 253 g/mol. The van der Waals surface area contributed by atoms with E-state index in [-0.39, 0.29) is 0 Å². The summed E-state index contributed by atoms with van der Waals surface area (Å²) in [7, 11) is 0. The third-order valence-corrected chi connectivity index (χ3v) is 3.13. The normalized spacial score (nSPS) is 11.4. The second-order valence-corrected chi connectivity index (χ2v) is 5.03. The highest BCUT2D eigenvalue weighted by atomic mass is 16.5. The summed E-state index contributed by atoms with van der Waals surface area (Å²) in [5, 5.41) is 4.54. The molecule has 0 fully saturated rings. The molecule has 1 heterocycles. The summed E-state index contributed by atoms with van der Waals surface area (Å²) in [6.07, 6.45) is 2.92. The van der Waals surface area contributed by atoms with Crippen LogP contribution in [0.4, 0.5) is 5.69 Å². The number of hydrogen-bond acceptors (Lipinski definition) is 3. The summed E-state index contributed by atoms with van der Waals surface area (Å²) in [5.41, 5.74) is 9.08. The van der Waals surface area contributed by atoms with Crippen molar-refractivity contribution in [1.82, 2.24) is 9.78 Å². The van der Waals surface area contributed by atoms with E-state index in [0.717, 1.165) is 49.5 Å². The van der Waals surface area contributed by atoms with Crippen molar-refractivity contribution in [3.8, 4) is 0 Å². The predicted molar refractivity (Wildman–Crippen MR) is 75.7 cm³/mol. The zero-order valence-corrected chi connectivity index (χ0v) is 12.2. The van der Waals surface area contributed by atoms with E-state index in [2.05, 4.69) is 32.8 Å². The minimum Gasteiger partial charge on any atom is -0.396 e. The van der Waals surface area contributed by atoms with Crippen molar-refractivity contribution in [3.05, 3.63) is 11.4 Å². The minimum atomic E-state index is 0.697. The van der Waals surface area contributed by atoms with Gasteiger partial charge in [0.15, 0.2) is 0 Å². The van der Waals surface area contributed by atoms with Crippen molar-refractivity contribution in [1.29, 1.82) is 0 Å². The third-order valence-electron chi connectivity index (χ3n) is 3.13. The summed E-state index contributed by atoms with van der Waals surface area (Å²) >= 11 is 0. The first-order valence-corrected chi connectivity index (χ1v) is 7.01. The van der Waals surface area contributed by atoms with Crippen molar-refractivity contribution in [3.63, 3.8) is 0 Å². The number of nitrogens with zero attached hydrogens (tertiary/aromatic N) is 2. The summed E-state index contributed by atoms with van der Waals surface area (Å²) in [4.78, 5) is 0. The molecule has 0 saturated carbocycles. The quantitative estimate of drug-likeness (QED) is 0.725. The first kappa shape index (κ1) is 15.0. The van der Waals surface area contributed by atoms with Gasteiger partial charge < -0.3 is 10.5 Å². The SMILES string of the molecule is CCc1nn(CCOCCC(C)C)c(CC)c1N. The molecule has 1 aromatic rings. The van der Waals surface area contributed by atoms with E-state index in [0.29, 0.717) is 12.5 Å². The van der Waals surface area contributed by atoms with E-state index in [1.165, 1.54) is 0 Å². The monoisotopic (exact) mass is 253 g/mol. The van der Waals surface area contributed by atoms with E-state index >= 15 is 0 Å². The molecule has 18 heavy (non-hydrogen) atoms. The Morgan fingerprint density at radius 1 is 1.22 bits per heavy atom. The zero-order valence-electron chi connectivity index (χ0n) is 12.2. The van der Waals surface area contributed by atoms with Crippen LogP contribution in [0.1, 0.15) is 45.5 Å². The average Bonchev–Trinajstić information content (AvgIpc) is 2.64. The number of hydrogen-bond donors (Lipinski definition) is 1. The maximum Gasteiger partial charge on any atom is 0.0854 e. The van der Waals surface area contributed by atoms with Crippen molar-refractivity contribution >= 4 is 5.69 Å². The molecule has 0 aliphatic carbocycles. The number of nitrogen functional groups attached to an aromatic ring is 1. The summed E-state index contributed by atoms with van der Waals surface area (Å²) < 4.78 is 7.63. The maximum absolute atomic E-state index is 6.07. The third kappa shape index (κ3) is 4.02. The van der Waals surface area contributed by atoms with Gasteiger partial charge in [-0.25, -0.2) is 0 Å². The van der Waals surface area contributed by atoms with E-state index in [1.54, 1.807) is 0 Å². The number of aromatic nitrogens is 2. The molecule has 1 rings (SSSR count). The Labute approximate surface area is 111 Å². The molecular weight excluding hydrogens is 226 g/mol. The molecule has 0 aromatic carbocycles. The standard InChI is InChI=1S/C14H27N3O/c1-5-12-14(15)13(6-2)17(16-12)8-10-18-9-7-11(3)4/h11H,5-10,15H2,1-4H3. The number of nitrogens with two attached hydrogens (primary N) is 1. The summed E-state index contributed by atoms with van der Waals surface area (Å²) in [6.45, 7) is 11.0. The molecule has 0 unspecified atom stereocenters. The van der Waals surface area contributed by atoms with Crippen molar-refractivity contribution in [2.75, 3.05) is 18.9 Å².